The van der Waals surface area contributed by atoms with Crippen LogP contribution in [0.5, 0.6) is 0 Å². The van der Waals surface area contributed by atoms with Crippen molar-refractivity contribution in [2.45, 2.75) is 4.90 Å². The van der Waals surface area contributed by atoms with E-state index >= 15 is 0 Å². The van der Waals surface area contributed by atoms with E-state index in [4.69, 9.17) is 0 Å². The first-order valence-corrected chi connectivity index (χ1v) is 8.68. The molecule has 124 valence electrons. The summed E-state index contributed by atoms with van der Waals surface area (Å²) in [6.07, 6.45) is 3.66. The summed E-state index contributed by atoms with van der Waals surface area (Å²) < 4.78 is 40.1. The molecule has 0 amide bonds. The number of hydrogen-bond donors (Lipinski definition) is 1. The number of pyridine rings is 2. The maximum absolute atomic E-state index is 13.2. The number of rotatable bonds is 3. The first-order valence-electron chi connectivity index (χ1n) is 7.19. The summed E-state index contributed by atoms with van der Waals surface area (Å²) in [5, 5.41) is 0. The van der Waals surface area contributed by atoms with Crippen molar-refractivity contribution in [1.82, 2.24) is 9.97 Å². The van der Waals surface area contributed by atoms with Crippen LogP contribution in [-0.2, 0) is 10.0 Å². The number of aromatic nitrogens is 2. The van der Waals surface area contributed by atoms with Crippen LogP contribution in [0.25, 0.3) is 0 Å². The standard InChI is InChI=1S/C18H12FN3O2S/c19-15-11-18(13-20-12-15)25(23,24)22-17-6-3-4-14(10-17)7-8-16-5-1-2-9-21-16/h1-6,9-13,22H. The average Bonchev–Trinajstić information content (AvgIpc) is 2.61. The lowest BCUT2D eigenvalue weighted by Gasteiger charge is -2.08. The molecule has 2 aromatic heterocycles. The maximum atomic E-state index is 13.2. The highest BCUT2D eigenvalue weighted by molar-refractivity contribution is 7.92. The number of sulfonamides is 1. The Kier molecular flexibility index (Phi) is 4.73. The van der Waals surface area contributed by atoms with Gasteiger partial charge in [-0.05, 0) is 42.3 Å². The fourth-order valence-electron chi connectivity index (χ4n) is 1.99. The Bertz CT molecular complexity index is 1060. The normalized spacial score (nSPS) is 10.6. The van der Waals surface area contributed by atoms with Gasteiger partial charge >= 0.3 is 0 Å². The molecule has 3 rings (SSSR count). The van der Waals surface area contributed by atoms with E-state index in [9.17, 15) is 12.8 Å². The van der Waals surface area contributed by atoms with Gasteiger partial charge in [-0.25, -0.2) is 17.8 Å². The summed E-state index contributed by atoms with van der Waals surface area (Å²) >= 11 is 0. The lowest BCUT2D eigenvalue weighted by molar-refractivity contribution is 0.592. The van der Waals surface area contributed by atoms with Crippen molar-refractivity contribution in [3.8, 4) is 11.8 Å². The zero-order chi connectivity index (χ0) is 17.7. The fourth-order valence-corrected chi connectivity index (χ4v) is 3.01. The predicted octanol–water partition coefficient (Wildman–Crippen LogP) is 2.82. The zero-order valence-electron chi connectivity index (χ0n) is 12.8. The highest BCUT2D eigenvalue weighted by Gasteiger charge is 2.15. The van der Waals surface area contributed by atoms with Gasteiger partial charge in [-0.3, -0.25) is 9.71 Å². The van der Waals surface area contributed by atoms with Crippen LogP contribution in [0.15, 0.2) is 72.0 Å². The van der Waals surface area contributed by atoms with Gasteiger partial charge in [0.05, 0.1) is 11.9 Å². The van der Waals surface area contributed by atoms with E-state index in [-0.39, 0.29) is 4.90 Å². The minimum atomic E-state index is -3.93. The first-order chi connectivity index (χ1) is 12.0. The number of nitrogens with zero attached hydrogens (tertiary/aromatic N) is 2. The van der Waals surface area contributed by atoms with Crippen LogP contribution >= 0.6 is 0 Å². The number of hydrogen-bond acceptors (Lipinski definition) is 4. The minimum Gasteiger partial charge on any atom is -0.280 e. The molecule has 0 saturated heterocycles. The van der Waals surface area contributed by atoms with Crippen molar-refractivity contribution in [1.29, 1.82) is 0 Å². The first kappa shape index (κ1) is 16.6. The molecular weight excluding hydrogens is 341 g/mol. The molecule has 2 heterocycles. The molecule has 0 aliphatic heterocycles. The number of nitrogens with one attached hydrogen (secondary N) is 1. The molecule has 0 bridgehead atoms. The van der Waals surface area contributed by atoms with Crippen LogP contribution in [0.3, 0.4) is 0 Å². The second-order valence-corrected chi connectivity index (χ2v) is 6.67. The third kappa shape index (κ3) is 4.40. The Hall–Kier alpha value is -3.24. The van der Waals surface area contributed by atoms with Crippen LogP contribution in [0.1, 0.15) is 11.3 Å². The Morgan fingerprint density at radius 1 is 1.00 bits per heavy atom. The van der Waals surface area contributed by atoms with Crippen molar-refractivity contribution < 1.29 is 12.8 Å². The summed E-state index contributed by atoms with van der Waals surface area (Å²) in [5.74, 6) is 5.08. The van der Waals surface area contributed by atoms with E-state index in [1.165, 1.54) is 0 Å². The lowest BCUT2D eigenvalue weighted by atomic mass is 10.2. The van der Waals surface area contributed by atoms with Gasteiger partial charge in [0.25, 0.3) is 10.0 Å². The van der Waals surface area contributed by atoms with Crippen LogP contribution in [0.2, 0.25) is 0 Å². The number of halogens is 1. The molecule has 7 heteroatoms. The summed E-state index contributed by atoms with van der Waals surface area (Å²) in [6, 6.07) is 12.9. The van der Waals surface area contributed by atoms with Crippen molar-refractivity contribution in [3.05, 3.63) is 84.2 Å². The minimum absolute atomic E-state index is 0.252. The molecule has 3 aromatic rings. The van der Waals surface area contributed by atoms with Gasteiger partial charge in [0, 0.05) is 18.0 Å². The molecule has 0 radical (unpaired) electrons. The van der Waals surface area contributed by atoms with Crippen molar-refractivity contribution in [3.63, 3.8) is 0 Å². The van der Waals surface area contributed by atoms with Gasteiger partial charge in [0.1, 0.15) is 16.4 Å². The predicted molar refractivity (Wildman–Crippen MR) is 91.7 cm³/mol. The van der Waals surface area contributed by atoms with Crippen LogP contribution in [-0.4, -0.2) is 18.4 Å². The lowest BCUT2D eigenvalue weighted by Crippen LogP contribution is -2.13. The van der Waals surface area contributed by atoms with Gasteiger partial charge in [0.15, 0.2) is 0 Å². The average molecular weight is 353 g/mol. The monoisotopic (exact) mass is 353 g/mol. The molecule has 0 spiro atoms. The highest BCUT2D eigenvalue weighted by Crippen LogP contribution is 2.17. The van der Waals surface area contributed by atoms with Gasteiger partial charge in [-0.1, -0.05) is 18.1 Å². The summed E-state index contributed by atoms with van der Waals surface area (Å²) in [7, 11) is -3.93. The highest BCUT2D eigenvalue weighted by atomic mass is 32.2. The van der Waals surface area contributed by atoms with Crippen molar-refractivity contribution in [2.24, 2.45) is 0 Å². The van der Waals surface area contributed by atoms with Gasteiger partial charge in [-0.15, -0.1) is 0 Å². The number of benzene rings is 1. The molecule has 25 heavy (non-hydrogen) atoms. The van der Waals surface area contributed by atoms with Gasteiger partial charge in [-0.2, -0.15) is 0 Å². The fraction of sp³-hybridized carbons (Fsp3) is 0. The molecule has 0 aliphatic carbocycles. The van der Waals surface area contributed by atoms with Crippen LogP contribution < -0.4 is 4.72 Å². The van der Waals surface area contributed by atoms with Crippen molar-refractivity contribution >= 4 is 15.7 Å². The second-order valence-electron chi connectivity index (χ2n) is 4.99. The third-order valence-corrected chi connectivity index (χ3v) is 4.45. The van der Waals surface area contributed by atoms with Crippen LogP contribution in [0.4, 0.5) is 10.1 Å². The Balaban J connectivity index is 1.84. The van der Waals surface area contributed by atoms with Gasteiger partial charge in [0.2, 0.25) is 0 Å². The Labute approximate surface area is 144 Å². The smallest absolute Gasteiger partial charge is 0.263 e. The van der Waals surface area contributed by atoms with E-state index in [1.54, 1.807) is 42.6 Å². The molecular formula is C18H12FN3O2S. The summed E-state index contributed by atoms with van der Waals surface area (Å²) in [5.41, 5.74) is 1.54. The van der Waals surface area contributed by atoms with E-state index in [1.807, 2.05) is 6.07 Å². The van der Waals surface area contributed by atoms with Crippen molar-refractivity contribution in [2.75, 3.05) is 4.72 Å². The molecule has 0 fully saturated rings. The van der Waals surface area contributed by atoms with E-state index in [0.29, 0.717) is 16.9 Å². The van der Waals surface area contributed by atoms with E-state index < -0.39 is 15.8 Å². The molecule has 1 aromatic carbocycles. The number of anilines is 1. The topological polar surface area (TPSA) is 72.0 Å². The quantitative estimate of drug-likeness (QED) is 0.735. The third-order valence-electron chi connectivity index (χ3n) is 3.10. The molecule has 0 unspecified atom stereocenters. The molecule has 0 aliphatic rings. The van der Waals surface area contributed by atoms with E-state index in [2.05, 4.69) is 26.5 Å². The Morgan fingerprint density at radius 2 is 1.88 bits per heavy atom. The maximum Gasteiger partial charge on any atom is 0.263 e. The van der Waals surface area contributed by atoms with Gasteiger partial charge < -0.3 is 0 Å². The van der Waals surface area contributed by atoms with Crippen LogP contribution in [0, 0.1) is 17.7 Å². The molecule has 5 nitrogen and oxygen atoms in total. The zero-order valence-corrected chi connectivity index (χ0v) is 13.7. The summed E-state index contributed by atoms with van der Waals surface area (Å²) in [6.45, 7) is 0. The molecule has 1 N–H and O–H groups in total. The van der Waals surface area contributed by atoms with E-state index in [0.717, 1.165) is 18.5 Å². The Morgan fingerprint density at radius 3 is 2.64 bits per heavy atom. The molecule has 0 saturated carbocycles. The summed E-state index contributed by atoms with van der Waals surface area (Å²) in [4.78, 5) is 7.39. The SMILES string of the molecule is O=S(=O)(Nc1cccc(C#Cc2ccccn2)c1)c1cncc(F)c1. The second kappa shape index (κ2) is 7.11. The molecule has 0 atom stereocenters. The largest absolute Gasteiger partial charge is 0.280 e.